The molecular weight excluding hydrogens is 398 g/mol. The molecule has 0 saturated carbocycles. The van der Waals surface area contributed by atoms with E-state index in [1.807, 2.05) is 18.3 Å². The minimum absolute atomic E-state index is 0.126. The van der Waals surface area contributed by atoms with Gasteiger partial charge in [0.25, 0.3) is 5.91 Å². The second-order valence-corrected chi connectivity index (χ2v) is 6.46. The van der Waals surface area contributed by atoms with Crippen molar-refractivity contribution >= 4 is 46.8 Å². The lowest BCUT2D eigenvalue weighted by Gasteiger charge is -2.10. The molecule has 0 fully saturated rings. The van der Waals surface area contributed by atoms with Gasteiger partial charge < -0.3 is 10.1 Å². The van der Waals surface area contributed by atoms with E-state index in [2.05, 4.69) is 5.32 Å². The van der Waals surface area contributed by atoms with Gasteiger partial charge in [-0.1, -0.05) is 40.9 Å². The molecule has 9 heteroatoms. The summed E-state index contributed by atoms with van der Waals surface area (Å²) in [6.45, 7) is 2.97. The zero-order chi connectivity index (χ0) is 20.1. The Balaban J connectivity index is 1.89. The maximum Gasteiger partial charge on any atom is 0.340 e. The summed E-state index contributed by atoms with van der Waals surface area (Å²) in [5, 5.41) is 4.15. The number of amides is 3. The predicted molar refractivity (Wildman–Crippen MR) is 99.8 cm³/mol. The van der Waals surface area contributed by atoms with E-state index in [1.165, 1.54) is 0 Å². The van der Waals surface area contributed by atoms with Gasteiger partial charge in [0, 0.05) is 5.69 Å². The highest BCUT2D eigenvalue weighted by atomic mass is 35.5. The van der Waals surface area contributed by atoms with E-state index in [9.17, 15) is 18.8 Å². The average Bonchev–Trinajstić information content (AvgIpc) is 2.58. The number of carbonyl (C=O) groups is 3. The zero-order valence-corrected chi connectivity index (χ0v) is 15.9. The van der Waals surface area contributed by atoms with Crippen LogP contribution in [0, 0.1) is 19.7 Å². The zero-order valence-electron chi connectivity index (χ0n) is 14.4. The first-order valence-corrected chi connectivity index (χ1v) is 8.42. The lowest BCUT2D eigenvalue weighted by atomic mass is 10.1. The molecule has 3 amide bonds. The second kappa shape index (κ2) is 8.83. The number of benzene rings is 2. The Hall–Kier alpha value is -2.64. The number of nitrogens with one attached hydrogen (secondary N) is 2. The molecule has 0 bridgehead atoms. The van der Waals surface area contributed by atoms with Gasteiger partial charge in [0.05, 0.1) is 15.6 Å². The van der Waals surface area contributed by atoms with Crippen molar-refractivity contribution < 1.29 is 23.5 Å². The first-order valence-electron chi connectivity index (χ1n) is 7.67. The SMILES string of the molecule is Cc1ccc(NC(=O)NC(=O)COC(=O)c2cc(F)c(Cl)cc2Cl)c(C)c1. The number of carbonyl (C=O) groups excluding carboxylic acids is 3. The number of aryl methyl sites for hydroxylation is 2. The van der Waals surface area contributed by atoms with Crippen LogP contribution >= 0.6 is 23.2 Å². The molecule has 0 heterocycles. The molecule has 27 heavy (non-hydrogen) atoms. The normalized spacial score (nSPS) is 10.3. The van der Waals surface area contributed by atoms with Crippen molar-refractivity contribution in [2.45, 2.75) is 13.8 Å². The Labute approximate surface area is 164 Å². The molecule has 0 aliphatic rings. The number of imide groups is 1. The Morgan fingerprint density at radius 3 is 2.44 bits per heavy atom. The van der Waals surface area contributed by atoms with Gasteiger partial charge in [-0.3, -0.25) is 10.1 Å². The van der Waals surface area contributed by atoms with Gasteiger partial charge >= 0.3 is 12.0 Å². The van der Waals surface area contributed by atoms with Gasteiger partial charge in [0.2, 0.25) is 0 Å². The van der Waals surface area contributed by atoms with E-state index in [0.29, 0.717) is 5.69 Å². The first kappa shape index (κ1) is 20.7. The molecule has 2 rings (SSSR count). The van der Waals surface area contributed by atoms with Crippen LogP contribution in [0.3, 0.4) is 0 Å². The number of rotatable bonds is 4. The highest BCUT2D eigenvalue weighted by Gasteiger charge is 2.17. The molecule has 0 aliphatic heterocycles. The summed E-state index contributed by atoms with van der Waals surface area (Å²) in [6, 6.07) is 6.45. The van der Waals surface area contributed by atoms with E-state index in [4.69, 9.17) is 27.9 Å². The summed E-state index contributed by atoms with van der Waals surface area (Å²) in [6.07, 6.45) is 0. The molecule has 0 aliphatic carbocycles. The number of urea groups is 1. The van der Waals surface area contributed by atoms with Crippen LogP contribution in [0.15, 0.2) is 30.3 Å². The molecule has 0 spiro atoms. The van der Waals surface area contributed by atoms with E-state index >= 15 is 0 Å². The Kier molecular flexibility index (Phi) is 6.76. The highest BCUT2D eigenvalue weighted by molar-refractivity contribution is 6.36. The van der Waals surface area contributed by atoms with Crippen LogP contribution in [0.1, 0.15) is 21.5 Å². The second-order valence-electron chi connectivity index (χ2n) is 5.64. The molecule has 6 nitrogen and oxygen atoms in total. The lowest BCUT2D eigenvalue weighted by molar-refractivity contribution is -0.123. The summed E-state index contributed by atoms with van der Waals surface area (Å²) in [4.78, 5) is 35.5. The summed E-state index contributed by atoms with van der Waals surface area (Å²) in [5.74, 6) is -2.75. The third-order valence-corrected chi connectivity index (χ3v) is 4.05. The van der Waals surface area contributed by atoms with E-state index < -0.39 is 30.3 Å². The summed E-state index contributed by atoms with van der Waals surface area (Å²) < 4.78 is 18.2. The van der Waals surface area contributed by atoms with Crippen LogP contribution in [-0.4, -0.2) is 24.5 Å². The minimum atomic E-state index is -1.03. The maximum atomic E-state index is 13.4. The molecule has 0 atom stereocenters. The highest BCUT2D eigenvalue weighted by Crippen LogP contribution is 2.24. The summed E-state index contributed by atoms with van der Waals surface area (Å²) in [5.41, 5.74) is 2.10. The smallest absolute Gasteiger partial charge is 0.340 e. The average molecular weight is 413 g/mol. The topological polar surface area (TPSA) is 84.5 Å². The molecule has 0 aromatic heterocycles. The van der Waals surface area contributed by atoms with E-state index in [-0.39, 0.29) is 15.6 Å². The number of anilines is 1. The standard InChI is InChI=1S/C18H15Cl2FN2O4/c1-9-3-4-15(10(2)5-9)22-18(26)23-16(24)8-27-17(25)11-6-14(21)13(20)7-12(11)19/h3-7H,8H2,1-2H3,(H2,22,23,24,26). The minimum Gasteiger partial charge on any atom is -0.452 e. The van der Waals surface area contributed by atoms with Crippen molar-refractivity contribution in [2.24, 2.45) is 0 Å². The number of esters is 1. The van der Waals surface area contributed by atoms with Crippen LogP contribution in [0.4, 0.5) is 14.9 Å². The number of hydrogen-bond acceptors (Lipinski definition) is 4. The van der Waals surface area contributed by atoms with Crippen molar-refractivity contribution in [2.75, 3.05) is 11.9 Å². The van der Waals surface area contributed by atoms with Crippen LogP contribution in [0.2, 0.25) is 10.0 Å². The van der Waals surface area contributed by atoms with Crippen molar-refractivity contribution in [1.29, 1.82) is 0 Å². The number of ether oxygens (including phenoxy) is 1. The summed E-state index contributed by atoms with van der Waals surface area (Å²) in [7, 11) is 0. The Morgan fingerprint density at radius 1 is 1.07 bits per heavy atom. The van der Waals surface area contributed by atoms with E-state index in [0.717, 1.165) is 23.3 Å². The number of halogens is 3. The fraction of sp³-hybridized carbons (Fsp3) is 0.167. The number of hydrogen-bond donors (Lipinski definition) is 2. The lowest BCUT2D eigenvalue weighted by Crippen LogP contribution is -2.37. The quantitative estimate of drug-likeness (QED) is 0.580. The molecule has 2 N–H and O–H groups in total. The van der Waals surface area contributed by atoms with Gasteiger partial charge in [-0.2, -0.15) is 0 Å². The van der Waals surface area contributed by atoms with Gasteiger partial charge in [-0.15, -0.1) is 0 Å². The van der Waals surface area contributed by atoms with Crippen molar-refractivity contribution in [3.63, 3.8) is 0 Å². The van der Waals surface area contributed by atoms with E-state index in [1.54, 1.807) is 19.1 Å². The van der Waals surface area contributed by atoms with Gasteiger partial charge in [0.15, 0.2) is 6.61 Å². The fourth-order valence-corrected chi connectivity index (χ4v) is 2.62. The molecular formula is C18H15Cl2FN2O4. The first-order chi connectivity index (χ1) is 12.7. The van der Waals surface area contributed by atoms with Gasteiger partial charge in [-0.05, 0) is 37.6 Å². The van der Waals surface area contributed by atoms with Crippen molar-refractivity contribution in [1.82, 2.24) is 5.32 Å². The van der Waals surface area contributed by atoms with Crippen LogP contribution < -0.4 is 10.6 Å². The molecule has 142 valence electrons. The van der Waals surface area contributed by atoms with Crippen molar-refractivity contribution in [3.05, 3.63) is 62.9 Å². The third kappa shape index (κ3) is 5.67. The maximum absolute atomic E-state index is 13.4. The van der Waals surface area contributed by atoms with Crippen molar-refractivity contribution in [3.8, 4) is 0 Å². The Bertz CT molecular complexity index is 918. The summed E-state index contributed by atoms with van der Waals surface area (Å²) >= 11 is 11.3. The monoisotopic (exact) mass is 412 g/mol. The predicted octanol–water partition coefficient (Wildman–Crippen LogP) is 4.25. The molecule has 0 unspecified atom stereocenters. The third-order valence-electron chi connectivity index (χ3n) is 3.45. The van der Waals surface area contributed by atoms with Crippen LogP contribution in [-0.2, 0) is 9.53 Å². The Morgan fingerprint density at radius 2 is 1.78 bits per heavy atom. The fourth-order valence-electron chi connectivity index (χ4n) is 2.16. The van der Waals surface area contributed by atoms with Crippen LogP contribution in [0.5, 0.6) is 0 Å². The largest absolute Gasteiger partial charge is 0.452 e. The molecule has 2 aromatic carbocycles. The molecule has 0 radical (unpaired) electrons. The molecule has 2 aromatic rings. The van der Waals surface area contributed by atoms with Gasteiger partial charge in [0.1, 0.15) is 5.82 Å². The van der Waals surface area contributed by atoms with Crippen LogP contribution in [0.25, 0.3) is 0 Å². The molecule has 0 saturated heterocycles. The van der Waals surface area contributed by atoms with Gasteiger partial charge in [-0.25, -0.2) is 14.0 Å².